The first kappa shape index (κ1) is 26.5. The number of methoxy groups -OCH3 is 2. The average molecular weight is 531 g/mol. The summed E-state index contributed by atoms with van der Waals surface area (Å²) in [7, 11) is 3.20. The van der Waals surface area contributed by atoms with Gasteiger partial charge in [0.25, 0.3) is 0 Å². The van der Waals surface area contributed by atoms with Crippen LogP contribution in [0.3, 0.4) is 0 Å². The highest BCUT2D eigenvalue weighted by molar-refractivity contribution is 5.92. The summed E-state index contributed by atoms with van der Waals surface area (Å²) >= 11 is 0. The molecule has 4 heterocycles. The number of aromatic nitrogens is 3. The van der Waals surface area contributed by atoms with Gasteiger partial charge in [0, 0.05) is 56.6 Å². The SMILES string of the molecule is COc1cc(C#Cc2cn(C3CCN(C(=O)C=CCN4CCC(O)CC4)C3)c3ncnc(N)c23)cc(OC)c1. The highest BCUT2D eigenvalue weighted by Crippen LogP contribution is 2.31. The Balaban J connectivity index is 1.33. The lowest BCUT2D eigenvalue weighted by atomic mass is 10.1. The number of fused-ring (bicyclic) bond motifs is 1. The second-order valence-electron chi connectivity index (χ2n) is 9.92. The Morgan fingerprint density at radius 1 is 1.10 bits per heavy atom. The second kappa shape index (κ2) is 11.8. The number of nitrogen functional groups attached to an aromatic ring is 1. The van der Waals surface area contributed by atoms with E-state index in [0.717, 1.165) is 50.0 Å². The van der Waals surface area contributed by atoms with Gasteiger partial charge in [0.2, 0.25) is 5.91 Å². The van der Waals surface area contributed by atoms with Crippen molar-refractivity contribution >= 4 is 22.8 Å². The number of hydrogen-bond donors (Lipinski definition) is 2. The molecule has 2 fully saturated rings. The van der Waals surface area contributed by atoms with Crippen molar-refractivity contribution < 1.29 is 19.4 Å². The third-order valence-electron chi connectivity index (χ3n) is 7.38. The Bertz CT molecular complexity index is 1410. The molecule has 1 unspecified atom stereocenters. The van der Waals surface area contributed by atoms with Gasteiger partial charge in [-0.3, -0.25) is 9.69 Å². The number of ether oxygens (including phenoxy) is 2. The van der Waals surface area contributed by atoms with Crippen molar-refractivity contribution in [2.45, 2.75) is 31.4 Å². The minimum atomic E-state index is -0.198. The molecule has 2 saturated heterocycles. The van der Waals surface area contributed by atoms with E-state index in [0.29, 0.717) is 41.4 Å². The van der Waals surface area contributed by atoms with Crippen LogP contribution in [-0.2, 0) is 4.79 Å². The van der Waals surface area contributed by atoms with Gasteiger partial charge in [-0.15, -0.1) is 0 Å². The summed E-state index contributed by atoms with van der Waals surface area (Å²) in [4.78, 5) is 25.7. The smallest absolute Gasteiger partial charge is 0.246 e. The van der Waals surface area contributed by atoms with Gasteiger partial charge < -0.3 is 29.8 Å². The lowest BCUT2D eigenvalue weighted by Gasteiger charge is -2.28. The maximum Gasteiger partial charge on any atom is 0.246 e. The van der Waals surface area contributed by atoms with Crippen LogP contribution < -0.4 is 15.2 Å². The van der Waals surface area contributed by atoms with E-state index in [4.69, 9.17) is 15.2 Å². The van der Waals surface area contributed by atoms with Gasteiger partial charge in [0.15, 0.2) is 0 Å². The topological polar surface area (TPSA) is 119 Å². The van der Waals surface area contributed by atoms with Gasteiger partial charge in [0.05, 0.1) is 37.3 Å². The Hall–Kier alpha value is -4.07. The Kier molecular flexibility index (Phi) is 8.00. The van der Waals surface area contributed by atoms with Gasteiger partial charge in [-0.1, -0.05) is 17.9 Å². The molecule has 1 atom stereocenters. The van der Waals surface area contributed by atoms with E-state index in [1.807, 2.05) is 29.3 Å². The number of carbonyl (C=O) groups is 1. The van der Waals surface area contributed by atoms with E-state index in [1.54, 1.807) is 26.4 Å². The van der Waals surface area contributed by atoms with Crippen molar-refractivity contribution in [2.24, 2.45) is 0 Å². The molecule has 10 nitrogen and oxygen atoms in total. The fraction of sp³-hybridized carbons (Fsp3) is 0.414. The number of carbonyl (C=O) groups excluding carboxylic acids is 1. The summed E-state index contributed by atoms with van der Waals surface area (Å²) in [5, 5.41) is 10.4. The minimum absolute atomic E-state index is 0.00660. The largest absolute Gasteiger partial charge is 0.497 e. The van der Waals surface area contributed by atoms with E-state index in [9.17, 15) is 9.90 Å². The highest BCUT2D eigenvalue weighted by atomic mass is 16.5. The van der Waals surface area contributed by atoms with E-state index < -0.39 is 0 Å². The third kappa shape index (κ3) is 6.00. The molecule has 3 N–H and O–H groups in total. The van der Waals surface area contributed by atoms with Crippen LogP contribution in [0.4, 0.5) is 5.82 Å². The number of nitrogens with zero attached hydrogens (tertiary/aromatic N) is 5. The molecular weight excluding hydrogens is 496 g/mol. The molecule has 0 aliphatic carbocycles. The van der Waals surface area contributed by atoms with Crippen LogP contribution in [0.5, 0.6) is 11.5 Å². The van der Waals surface area contributed by atoms with Crippen molar-refractivity contribution in [1.29, 1.82) is 0 Å². The van der Waals surface area contributed by atoms with Crippen LogP contribution in [0, 0.1) is 11.8 Å². The molecular formula is C29H34N6O4. The zero-order valence-corrected chi connectivity index (χ0v) is 22.3. The highest BCUT2D eigenvalue weighted by Gasteiger charge is 2.28. The zero-order chi connectivity index (χ0) is 27.4. The predicted molar refractivity (Wildman–Crippen MR) is 149 cm³/mol. The Morgan fingerprint density at radius 3 is 2.56 bits per heavy atom. The first-order valence-corrected chi connectivity index (χ1v) is 13.2. The first-order chi connectivity index (χ1) is 18.9. The summed E-state index contributed by atoms with van der Waals surface area (Å²) in [5.41, 5.74) is 8.44. The number of aliphatic hydroxyl groups is 1. The number of hydrogen-bond acceptors (Lipinski definition) is 8. The quantitative estimate of drug-likeness (QED) is 0.368. The molecule has 0 bridgehead atoms. The van der Waals surface area contributed by atoms with Crippen LogP contribution in [0.2, 0.25) is 0 Å². The number of amides is 1. The lowest BCUT2D eigenvalue weighted by Crippen LogP contribution is -2.36. The normalized spacial score (nSPS) is 18.4. The molecule has 2 aliphatic heterocycles. The van der Waals surface area contributed by atoms with Crippen molar-refractivity contribution in [1.82, 2.24) is 24.3 Å². The molecule has 3 aromatic rings. The molecule has 39 heavy (non-hydrogen) atoms. The van der Waals surface area contributed by atoms with E-state index in [2.05, 4.69) is 31.3 Å². The van der Waals surface area contributed by atoms with Crippen LogP contribution in [0.15, 0.2) is 42.9 Å². The maximum atomic E-state index is 12.9. The second-order valence-corrected chi connectivity index (χ2v) is 9.92. The predicted octanol–water partition coefficient (Wildman–Crippen LogP) is 2.22. The number of piperidine rings is 1. The molecule has 204 valence electrons. The molecule has 0 saturated carbocycles. The number of benzene rings is 1. The van der Waals surface area contributed by atoms with Crippen molar-refractivity contribution in [3.63, 3.8) is 0 Å². The van der Waals surface area contributed by atoms with E-state index in [1.165, 1.54) is 6.33 Å². The monoisotopic (exact) mass is 530 g/mol. The molecule has 1 aromatic carbocycles. The number of aliphatic hydroxyl groups excluding tert-OH is 1. The van der Waals surface area contributed by atoms with Crippen LogP contribution >= 0.6 is 0 Å². The summed E-state index contributed by atoms with van der Waals surface area (Å²) in [6.07, 6.45) is 9.18. The van der Waals surface area contributed by atoms with Crippen LogP contribution in [0.1, 0.15) is 36.4 Å². The maximum absolute atomic E-state index is 12.9. The Labute approximate surface area is 228 Å². The van der Waals surface area contributed by atoms with Gasteiger partial charge >= 0.3 is 0 Å². The van der Waals surface area contributed by atoms with Crippen molar-refractivity contribution in [2.75, 3.05) is 52.7 Å². The average Bonchev–Trinajstić information content (AvgIpc) is 3.59. The molecule has 2 aromatic heterocycles. The van der Waals surface area contributed by atoms with E-state index in [-0.39, 0.29) is 18.1 Å². The van der Waals surface area contributed by atoms with Gasteiger partial charge in [0.1, 0.15) is 29.3 Å². The van der Waals surface area contributed by atoms with E-state index >= 15 is 0 Å². The van der Waals surface area contributed by atoms with Crippen molar-refractivity contribution in [3.05, 3.63) is 54.0 Å². The van der Waals surface area contributed by atoms with Gasteiger partial charge in [-0.05, 0) is 31.4 Å². The molecule has 5 rings (SSSR count). The number of nitrogens with two attached hydrogens (primary N) is 1. The minimum Gasteiger partial charge on any atom is -0.497 e. The van der Waals surface area contributed by atoms with Gasteiger partial charge in [-0.25, -0.2) is 9.97 Å². The number of anilines is 1. The fourth-order valence-corrected chi connectivity index (χ4v) is 5.18. The number of likely N-dealkylation sites (tertiary alicyclic amines) is 2. The van der Waals surface area contributed by atoms with Crippen LogP contribution in [-0.4, -0.2) is 88.4 Å². The van der Waals surface area contributed by atoms with Crippen molar-refractivity contribution in [3.8, 4) is 23.3 Å². The fourth-order valence-electron chi connectivity index (χ4n) is 5.18. The van der Waals surface area contributed by atoms with Gasteiger partial charge in [-0.2, -0.15) is 0 Å². The summed E-state index contributed by atoms with van der Waals surface area (Å²) < 4.78 is 12.8. The summed E-state index contributed by atoms with van der Waals surface area (Å²) in [6, 6.07) is 5.54. The van der Waals surface area contributed by atoms with Crippen LogP contribution in [0.25, 0.3) is 11.0 Å². The zero-order valence-electron chi connectivity index (χ0n) is 22.3. The molecule has 0 spiro atoms. The first-order valence-electron chi connectivity index (χ1n) is 13.2. The molecule has 10 heteroatoms. The molecule has 0 radical (unpaired) electrons. The molecule has 1 amide bonds. The third-order valence-corrected chi connectivity index (χ3v) is 7.38. The lowest BCUT2D eigenvalue weighted by molar-refractivity contribution is -0.125. The number of rotatable bonds is 6. The standard InChI is InChI=1S/C29H34N6O4/c1-38-24-14-20(15-25(16-24)39-2)5-6-21-17-35(29-27(21)28(30)31-19-32-29)22-7-13-34(18-22)26(37)4-3-10-33-11-8-23(36)9-12-33/h3-4,14-17,19,22-23,36H,7-13,18H2,1-2H3,(H2,30,31,32). The summed E-state index contributed by atoms with van der Waals surface area (Å²) in [6.45, 7) is 3.66. The Morgan fingerprint density at radius 2 is 1.85 bits per heavy atom. The molecule has 2 aliphatic rings. The summed E-state index contributed by atoms with van der Waals surface area (Å²) in [5.74, 6) is 8.10.